The molecular formula is C31H40O3Si. The number of carboxylic acids is 1. The maximum atomic E-state index is 11.2. The average molecular weight is 489 g/mol. The van der Waals surface area contributed by atoms with Crippen molar-refractivity contribution in [2.24, 2.45) is 17.8 Å². The molecule has 2 aromatic rings. The topological polar surface area (TPSA) is 46.5 Å². The standard InChI is InChI=1S/C31H40O3Si/c1-30(2,3)35(4,5)34-28-13-10-22(7-6-21-8-11-26(12-9-21)29(32)33)17-27(28)31-18-23-14-24(19-31)16-25(15-23)20-31/h6-13,17,23-25H,14-16,18-20H2,1-5H3,(H,32,33). The van der Waals surface area contributed by atoms with Gasteiger partial charge in [-0.05, 0) is 121 Å². The monoisotopic (exact) mass is 488 g/mol. The summed E-state index contributed by atoms with van der Waals surface area (Å²) in [5.74, 6) is 2.89. The fourth-order valence-electron chi connectivity index (χ4n) is 6.95. The van der Waals surface area contributed by atoms with E-state index >= 15 is 0 Å². The van der Waals surface area contributed by atoms with E-state index in [4.69, 9.17) is 9.53 Å². The van der Waals surface area contributed by atoms with Crippen LogP contribution in [0.5, 0.6) is 5.75 Å². The van der Waals surface area contributed by atoms with Gasteiger partial charge in [0.15, 0.2) is 0 Å². The number of carbonyl (C=O) groups is 1. The molecule has 0 spiro atoms. The smallest absolute Gasteiger partial charge is 0.335 e. The number of carboxylic acid groups (broad SMARTS) is 1. The zero-order valence-electron chi connectivity index (χ0n) is 21.9. The Labute approximate surface area is 211 Å². The normalized spacial score (nSPS) is 28.0. The first kappa shape index (κ1) is 24.4. The highest BCUT2D eigenvalue weighted by molar-refractivity contribution is 6.74. The summed E-state index contributed by atoms with van der Waals surface area (Å²) in [6, 6.07) is 13.9. The molecule has 4 aliphatic rings. The maximum Gasteiger partial charge on any atom is 0.335 e. The predicted molar refractivity (Wildman–Crippen MR) is 146 cm³/mol. The largest absolute Gasteiger partial charge is 0.543 e. The second kappa shape index (κ2) is 8.65. The van der Waals surface area contributed by atoms with E-state index < -0.39 is 14.3 Å². The summed E-state index contributed by atoms with van der Waals surface area (Å²) < 4.78 is 7.00. The number of hydrogen-bond donors (Lipinski definition) is 1. The highest BCUT2D eigenvalue weighted by atomic mass is 28.4. The maximum absolute atomic E-state index is 11.2. The summed E-state index contributed by atoms with van der Waals surface area (Å²) in [5.41, 5.74) is 4.23. The molecule has 2 aromatic carbocycles. The number of benzene rings is 2. The number of rotatable bonds is 6. The molecule has 0 unspecified atom stereocenters. The van der Waals surface area contributed by atoms with Gasteiger partial charge in [0, 0.05) is 0 Å². The van der Waals surface area contributed by atoms with Crippen LogP contribution in [0, 0.1) is 17.8 Å². The lowest BCUT2D eigenvalue weighted by atomic mass is 9.48. The van der Waals surface area contributed by atoms with E-state index in [9.17, 15) is 4.79 Å². The van der Waals surface area contributed by atoms with Crippen LogP contribution in [-0.4, -0.2) is 19.4 Å². The van der Waals surface area contributed by atoms with Crippen LogP contribution in [0.15, 0.2) is 42.5 Å². The van der Waals surface area contributed by atoms with Crippen LogP contribution in [0.1, 0.15) is 86.3 Å². The van der Waals surface area contributed by atoms with E-state index in [0.29, 0.717) is 5.56 Å². The van der Waals surface area contributed by atoms with Crippen LogP contribution >= 0.6 is 0 Å². The van der Waals surface area contributed by atoms with Gasteiger partial charge in [0.05, 0.1) is 5.56 Å². The third-order valence-corrected chi connectivity index (χ3v) is 13.8. The fourth-order valence-corrected chi connectivity index (χ4v) is 7.99. The zero-order chi connectivity index (χ0) is 25.0. The van der Waals surface area contributed by atoms with Gasteiger partial charge in [0.1, 0.15) is 5.75 Å². The summed E-state index contributed by atoms with van der Waals surface area (Å²) >= 11 is 0. The molecule has 4 heteroatoms. The summed E-state index contributed by atoms with van der Waals surface area (Å²) in [6.45, 7) is 11.7. The van der Waals surface area contributed by atoms with Crippen LogP contribution < -0.4 is 4.43 Å². The molecule has 0 aliphatic heterocycles. The average Bonchev–Trinajstić information content (AvgIpc) is 2.76. The van der Waals surface area contributed by atoms with Crippen molar-refractivity contribution in [3.63, 3.8) is 0 Å². The highest BCUT2D eigenvalue weighted by Gasteiger charge is 2.53. The Kier molecular flexibility index (Phi) is 6.02. The Morgan fingerprint density at radius 3 is 1.94 bits per heavy atom. The van der Waals surface area contributed by atoms with Gasteiger partial charge in [-0.25, -0.2) is 4.79 Å². The predicted octanol–water partition coefficient (Wildman–Crippen LogP) is 8.41. The number of aromatic carboxylic acids is 1. The van der Waals surface area contributed by atoms with Gasteiger partial charge >= 0.3 is 5.97 Å². The molecule has 0 radical (unpaired) electrons. The third-order valence-electron chi connectivity index (χ3n) is 9.41. The molecule has 0 heterocycles. The second-order valence-electron chi connectivity index (χ2n) is 13.1. The Hall–Kier alpha value is -2.33. The zero-order valence-corrected chi connectivity index (χ0v) is 22.9. The van der Waals surface area contributed by atoms with Gasteiger partial charge in [0.2, 0.25) is 8.32 Å². The van der Waals surface area contributed by atoms with Crippen molar-refractivity contribution in [1.29, 1.82) is 0 Å². The Morgan fingerprint density at radius 1 is 0.914 bits per heavy atom. The first-order valence-electron chi connectivity index (χ1n) is 13.3. The molecule has 0 atom stereocenters. The molecule has 4 saturated carbocycles. The first-order valence-corrected chi connectivity index (χ1v) is 16.2. The Balaban J connectivity index is 1.51. The van der Waals surface area contributed by atoms with Crippen LogP contribution in [0.4, 0.5) is 0 Å². The van der Waals surface area contributed by atoms with Gasteiger partial charge < -0.3 is 9.53 Å². The molecule has 0 saturated heterocycles. The SMILES string of the molecule is CC(C)(C)[Si](C)(C)Oc1ccc(C=Cc2ccc(C(=O)O)cc2)cc1C12CC3CC(CC(C3)C1)C2. The van der Waals surface area contributed by atoms with Gasteiger partial charge in [-0.3, -0.25) is 0 Å². The van der Waals surface area contributed by atoms with Crippen molar-refractivity contribution < 1.29 is 14.3 Å². The molecule has 4 bridgehead atoms. The molecule has 4 aliphatic carbocycles. The van der Waals surface area contributed by atoms with Crippen molar-refractivity contribution in [2.75, 3.05) is 0 Å². The van der Waals surface area contributed by atoms with Crippen molar-refractivity contribution in [1.82, 2.24) is 0 Å². The summed E-state index contributed by atoms with van der Waals surface area (Å²) in [7, 11) is -1.96. The molecule has 6 rings (SSSR count). The van der Waals surface area contributed by atoms with Crippen LogP contribution in [0.25, 0.3) is 12.2 Å². The van der Waals surface area contributed by atoms with E-state index in [2.05, 4.69) is 64.2 Å². The summed E-state index contributed by atoms with van der Waals surface area (Å²) in [4.78, 5) is 11.2. The lowest BCUT2D eigenvalue weighted by molar-refractivity contribution is -0.00587. The van der Waals surface area contributed by atoms with Crippen LogP contribution in [0.3, 0.4) is 0 Å². The first-order chi connectivity index (χ1) is 16.4. The lowest BCUT2D eigenvalue weighted by Gasteiger charge is -2.57. The van der Waals surface area contributed by atoms with E-state index in [1.165, 1.54) is 49.7 Å². The second-order valence-corrected chi connectivity index (χ2v) is 17.8. The molecule has 0 amide bonds. The minimum atomic E-state index is -1.96. The molecule has 186 valence electrons. The van der Waals surface area contributed by atoms with Crippen molar-refractivity contribution in [3.8, 4) is 5.75 Å². The summed E-state index contributed by atoms with van der Waals surface area (Å²) in [6.07, 6.45) is 12.5. The van der Waals surface area contributed by atoms with Gasteiger partial charge in [-0.2, -0.15) is 0 Å². The van der Waals surface area contributed by atoms with E-state index in [1.807, 2.05) is 12.1 Å². The minimum absolute atomic E-state index is 0.159. The third kappa shape index (κ3) is 4.74. The van der Waals surface area contributed by atoms with Gasteiger partial charge in [-0.15, -0.1) is 0 Å². The Bertz CT molecular complexity index is 1100. The van der Waals surface area contributed by atoms with E-state index in [1.54, 1.807) is 12.1 Å². The fraction of sp³-hybridized carbons (Fsp3) is 0.516. The quantitative estimate of drug-likeness (QED) is 0.328. The molecule has 3 nitrogen and oxygen atoms in total. The van der Waals surface area contributed by atoms with Crippen molar-refractivity contribution in [3.05, 3.63) is 64.7 Å². The highest BCUT2D eigenvalue weighted by Crippen LogP contribution is 2.62. The van der Waals surface area contributed by atoms with Gasteiger partial charge in [-0.1, -0.05) is 51.1 Å². The minimum Gasteiger partial charge on any atom is -0.543 e. The van der Waals surface area contributed by atoms with Gasteiger partial charge in [0.25, 0.3) is 0 Å². The number of hydrogen-bond acceptors (Lipinski definition) is 2. The molecule has 4 fully saturated rings. The van der Waals surface area contributed by atoms with Crippen molar-refractivity contribution in [2.45, 2.75) is 82.8 Å². The summed E-state index contributed by atoms with van der Waals surface area (Å²) in [5, 5.41) is 9.32. The van der Waals surface area contributed by atoms with E-state index in [0.717, 1.165) is 29.1 Å². The van der Waals surface area contributed by atoms with Crippen LogP contribution in [-0.2, 0) is 5.41 Å². The molecule has 1 N–H and O–H groups in total. The molecule has 35 heavy (non-hydrogen) atoms. The van der Waals surface area contributed by atoms with Crippen LogP contribution in [0.2, 0.25) is 18.1 Å². The van der Waals surface area contributed by atoms with Crippen molar-refractivity contribution >= 4 is 26.4 Å². The Morgan fingerprint density at radius 2 is 1.43 bits per heavy atom. The molecule has 0 aromatic heterocycles. The lowest BCUT2D eigenvalue weighted by Crippen LogP contribution is -2.49. The molecular weight excluding hydrogens is 448 g/mol. The van der Waals surface area contributed by atoms with E-state index in [-0.39, 0.29) is 10.5 Å².